The van der Waals surface area contributed by atoms with Crippen LogP contribution in [0.4, 0.5) is 10.5 Å². The predicted octanol–water partition coefficient (Wildman–Crippen LogP) is 0.931. The fourth-order valence-electron chi connectivity index (χ4n) is 1.38. The summed E-state index contributed by atoms with van der Waals surface area (Å²) in [7, 11) is 1.48. The molecule has 0 saturated carbocycles. The van der Waals surface area contributed by atoms with Crippen molar-refractivity contribution in [2.45, 2.75) is 0 Å². The number of nitrogens with two attached hydrogens (primary N) is 1. The molecule has 0 atom stereocenters. The van der Waals surface area contributed by atoms with Crippen LogP contribution in [0.5, 0.6) is 0 Å². The number of nitrogens with one attached hydrogen (secondary N) is 2. The molecule has 0 bridgehead atoms. The molecule has 0 radical (unpaired) electrons. The number of rotatable bonds is 6. The molecule has 0 saturated heterocycles. The van der Waals surface area contributed by atoms with Gasteiger partial charge in [-0.15, -0.1) is 11.6 Å². The van der Waals surface area contributed by atoms with E-state index in [0.29, 0.717) is 5.69 Å². The summed E-state index contributed by atoms with van der Waals surface area (Å²) < 4.78 is 9.45. The van der Waals surface area contributed by atoms with Crippen LogP contribution in [-0.4, -0.2) is 44.0 Å². The highest BCUT2D eigenvalue weighted by Gasteiger charge is 2.12. The molecular formula is C13H17ClN4O4. The number of carbonyl (C=O) groups is 2. The number of alkyl halides is 1. The maximum atomic E-state index is 12.0. The van der Waals surface area contributed by atoms with Crippen LogP contribution in [0.15, 0.2) is 29.3 Å². The molecule has 22 heavy (non-hydrogen) atoms. The standard InChI is InChI=1S/C13H17ClN4O4/c1-21-6-7-22-13(20)18-17-12(19)9-4-2-3-5-10(9)16-11(15)8-14/h2-5H,6-8H2,1H3,(H2,15,16)(H,17,19)(H,18,20). The third kappa shape index (κ3) is 5.98. The minimum absolute atomic E-state index is 0.0417. The van der Waals surface area contributed by atoms with Gasteiger partial charge in [-0.1, -0.05) is 12.1 Å². The van der Waals surface area contributed by atoms with Crippen molar-refractivity contribution in [3.63, 3.8) is 0 Å². The summed E-state index contributed by atoms with van der Waals surface area (Å²) >= 11 is 5.56. The van der Waals surface area contributed by atoms with Gasteiger partial charge in [0.25, 0.3) is 5.91 Å². The zero-order valence-corrected chi connectivity index (χ0v) is 12.7. The molecule has 0 aromatic heterocycles. The van der Waals surface area contributed by atoms with Crippen LogP contribution in [0.1, 0.15) is 10.4 Å². The van der Waals surface area contributed by atoms with Gasteiger partial charge in [-0.25, -0.2) is 15.2 Å². The molecule has 0 fully saturated rings. The third-order valence-corrected chi connectivity index (χ3v) is 2.62. The summed E-state index contributed by atoms with van der Waals surface area (Å²) in [6, 6.07) is 6.49. The minimum Gasteiger partial charge on any atom is -0.446 e. The Morgan fingerprint density at radius 1 is 1.27 bits per heavy atom. The van der Waals surface area contributed by atoms with Crippen molar-refractivity contribution in [2.75, 3.05) is 26.2 Å². The topological polar surface area (TPSA) is 115 Å². The quantitative estimate of drug-likeness (QED) is 0.236. The van der Waals surface area contributed by atoms with E-state index in [4.69, 9.17) is 26.8 Å². The van der Waals surface area contributed by atoms with Gasteiger partial charge in [0.15, 0.2) is 0 Å². The minimum atomic E-state index is -0.799. The Balaban J connectivity index is 2.64. The van der Waals surface area contributed by atoms with Crippen molar-refractivity contribution in [3.05, 3.63) is 29.8 Å². The zero-order valence-electron chi connectivity index (χ0n) is 12.0. The Morgan fingerprint density at radius 2 is 2.00 bits per heavy atom. The summed E-state index contributed by atoms with van der Waals surface area (Å²) in [6.45, 7) is 0.335. The molecule has 0 unspecified atom stereocenters. The molecule has 0 aliphatic rings. The van der Waals surface area contributed by atoms with Gasteiger partial charge in [0.1, 0.15) is 12.4 Å². The molecule has 9 heteroatoms. The molecule has 2 amide bonds. The lowest BCUT2D eigenvalue weighted by Crippen LogP contribution is -2.42. The van der Waals surface area contributed by atoms with E-state index in [1.54, 1.807) is 18.2 Å². The third-order valence-electron chi connectivity index (χ3n) is 2.35. The second-order valence-corrected chi connectivity index (χ2v) is 4.23. The average molecular weight is 329 g/mol. The zero-order chi connectivity index (χ0) is 16.4. The fraction of sp³-hybridized carbons (Fsp3) is 0.308. The molecule has 1 aromatic rings. The van der Waals surface area contributed by atoms with Gasteiger partial charge in [-0.05, 0) is 12.1 Å². The highest BCUT2D eigenvalue weighted by molar-refractivity contribution is 6.28. The highest BCUT2D eigenvalue weighted by Crippen LogP contribution is 2.18. The maximum absolute atomic E-state index is 12.0. The van der Waals surface area contributed by atoms with Crippen LogP contribution < -0.4 is 16.6 Å². The molecule has 0 aliphatic heterocycles. The maximum Gasteiger partial charge on any atom is 0.426 e. The van der Waals surface area contributed by atoms with E-state index in [2.05, 4.69) is 15.8 Å². The molecule has 1 aromatic carbocycles. The van der Waals surface area contributed by atoms with Gasteiger partial charge in [-0.2, -0.15) is 0 Å². The first kappa shape index (κ1) is 17.7. The van der Waals surface area contributed by atoms with E-state index in [1.165, 1.54) is 13.2 Å². The molecule has 1 rings (SSSR count). The van der Waals surface area contributed by atoms with Crippen molar-refractivity contribution in [3.8, 4) is 0 Å². The first-order valence-corrected chi connectivity index (χ1v) is 6.82. The number of hydrazine groups is 1. The second kappa shape index (κ2) is 9.59. The lowest BCUT2D eigenvalue weighted by atomic mass is 10.1. The van der Waals surface area contributed by atoms with Crippen LogP contribution in [-0.2, 0) is 9.47 Å². The largest absolute Gasteiger partial charge is 0.446 e. The SMILES string of the molecule is COCCOC(=O)NNC(=O)c1ccccc1N=C(N)CCl. The molecule has 0 spiro atoms. The molecule has 0 aliphatic carbocycles. The van der Waals surface area contributed by atoms with Gasteiger partial charge < -0.3 is 15.2 Å². The Hall–Kier alpha value is -2.32. The van der Waals surface area contributed by atoms with Crippen LogP contribution in [0.2, 0.25) is 0 Å². The van der Waals surface area contributed by atoms with E-state index in [9.17, 15) is 9.59 Å². The number of aliphatic imine (C=N–C) groups is 1. The molecule has 0 heterocycles. The fourth-order valence-corrected chi connectivity index (χ4v) is 1.44. The van der Waals surface area contributed by atoms with Crippen molar-refractivity contribution >= 4 is 35.1 Å². The number of hydrogen-bond acceptors (Lipinski definition) is 5. The van der Waals surface area contributed by atoms with Crippen LogP contribution in [0, 0.1) is 0 Å². The number of para-hydroxylation sites is 1. The normalized spacial score (nSPS) is 10.9. The lowest BCUT2D eigenvalue weighted by molar-refractivity contribution is 0.0849. The predicted molar refractivity (Wildman–Crippen MR) is 82.3 cm³/mol. The second-order valence-electron chi connectivity index (χ2n) is 3.96. The van der Waals surface area contributed by atoms with Crippen molar-refractivity contribution in [2.24, 2.45) is 10.7 Å². The van der Waals surface area contributed by atoms with Gasteiger partial charge in [0.05, 0.1) is 23.7 Å². The van der Waals surface area contributed by atoms with Gasteiger partial charge in [0, 0.05) is 7.11 Å². The molecule has 4 N–H and O–H groups in total. The Kier molecular flexibility index (Phi) is 7.73. The Bertz CT molecular complexity index is 551. The van der Waals surface area contributed by atoms with Crippen LogP contribution in [0.3, 0.4) is 0 Å². The smallest absolute Gasteiger partial charge is 0.426 e. The van der Waals surface area contributed by atoms with Gasteiger partial charge >= 0.3 is 6.09 Å². The van der Waals surface area contributed by atoms with E-state index in [1.807, 2.05) is 0 Å². The number of halogens is 1. The number of benzene rings is 1. The van der Waals surface area contributed by atoms with Gasteiger partial charge in [-0.3, -0.25) is 10.2 Å². The number of ether oxygens (including phenoxy) is 2. The molecular weight excluding hydrogens is 312 g/mol. The number of nitrogens with zero attached hydrogens (tertiary/aromatic N) is 1. The number of amidine groups is 1. The van der Waals surface area contributed by atoms with E-state index >= 15 is 0 Å². The highest BCUT2D eigenvalue weighted by atomic mass is 35.5. The van der Waals surface area contributed by atoms with Crippen molar-refractivity contribution < 1.29 is 19.1 Å². The van der Waals surface area contributed by atoms with Crippen LogP contribution in [0.25, 0.3) is 0 Å². The summed E-state index contributed by atoms with van der Waals surface area (Å²) in [6.07, 6.45) is -0.799. The summed E-state index contributed by atoms with van der Waals surface area (Å²) in [5, 5.41) is 0. The summed E-state index contributed by atoms with van der Waals surface area (Å²) in [4.78, 5) is 27.3. The summed E-state index contributed by atoms with van der Waals surface area (Å²) in [5.74, 6) is -0.348. The summed E-state index contributed by atoms with van der Waals surface area (Å²) in [5.41, 5.74) is 10.4. The lowest BCUT2D eigenvalue weighted by Gasteiger charge is -2.09. The van der Waals surface area contributed by atoms with Crippen molar-refractivity contribution in [1.82, 2.24) is 10.9 Å². The van der Waals surface area contributed by atoms with Gasteiger partial charge in [0.2, 0.25) is 0 Å². The average Bonchev–Trinajstić information content (AvgIpc) is 2.53. The first-order chi connectivity index (χ1) is 10.6. The van der Waals surface area contributed by atoms with Crippen LogP contribution >= 0.6 is 11.6 Å². The number of hydrogen-bond donors (Lipinski definition) is 3. The molecule has 120 valence electrons. The van der Waals surface area contributed by atoms with Crippen molar-refractivity contribution in [1.29, 1.82) is 0 Å². The Labute approximate surface area is 132 Å². The Morgan fingerprint density at radius 3 is 2.68 bits per heavy atom. The molecule has 8 nitrogen and oxygen atoms in total. The first-order valence-electron chi connectivity index (χ1n) is 6.28. The number of amides is 2. The van der Waals surface area contributed by atoms with E-state index in [0.717, 1.165) is 0 Å². The van der Waals surface area contributed by atoms with E-state index in [-0.39, 0.29) is 30.5 Å². The monoisotopic (exact) mass is 328 g/mol. The number of carbonyl (C=O) groups excluding carboxylic acids is 2. The number of methoxy groups -OCH3 is 1. The van der Waals surface area contributed by atoms with E-state index < -0.39 is 12.0 Å².